The SMILES string of the molecule is COC(=O)c1cccc(NC(=O)CC(=O)N2CCN(c3ccccc3F)CC2)c1. The van der Waals surface area contributed by atoms with Gasteiger partial charge in [-0.25, -0.2) is 9.18 Å². The zero-order valence-corrected chi connectivity index (χ0v) is 16.1. The molecular formula is C21H22FN3O4. The number of nitrogens with zero attached hydrogens (tertiary/aromatic N) is 2. The smallest absolute Gasteiger partial charge is 0.337 e. The molecule has 1 N–H and O–H groups in total. The van der Waals surface area contributed by atoms with Crippen LogP contribution in [0.3, 0.4) is 0 Å². The molecule has 1 aliphatic rings. The molecule has 0 aromatic heterocycles. The fourth-order valence-electron chi connectivity index (χ4n) is 3.20. The van der Waals surface area contributed by atoms with Crippen molar-refractivity contribution in [3.63, 3.8) is 0 Å². The van der Waals surface area contributed by atoms with E-state index in [9.17, 15) is 18.8 Å². The molecule has 0 bridgehead atoms. The highest BCUT2D eigenvalue weighted by Crippen LogP contribution is 2.20. The number of hydrogen-bond donors (Lipinski definition) is 1. The van der Waals surface area contributed by atoms with Crippen molar-refractivity contribution < 1.29 is 23.5 Å². The molecule has 1 fully saturated rings. The zero-order valence-electron chi connectivity index (χ0n) is 16.1. The van der Waals surface area contributed by atoms with Crippen LogP contribution in [0.5, 0.6) is 0 Å². The monoisotopic (exact) mass is 399 g/mol. The first-order chi connectivity index (χ1) is 14.0. The number of piperazine rings is 1. The Labute approximate surface area is 168 Å². The molecular weight excluding hydrogens is 377 g/mol. The Morgan fingerprint density at radius 1 is 1.03 bits per heavy atom. The number of para-hydroxylation sites is 1. The van der Waals surface area contributed by atoms with E-state index in [1.54, 1.807) is 41.3 Å². The number of halogens is 1. The number of rotatable bonds is 5. The Kier molecular flexibility index (Phi) is 6.43. The van der Waals surface area contributed by atoms with Crippen LogP contribution in [0.1, 0.15) is 16.8 Å². The van der Waals surface area contributed by atoms with Gasteiger partial charge in [-0.15, -0.1) is 0 Å². The minimum atomic E-state index is -0.509. The summed E-state index contributed by atoms with van der Waals surface area (Å²) in [5.74, 6) is -1.56. The van der Waals surface area contributed by atoms with Gasteiger partial charge in [0.15, 0.2) is 0 Å². The second kappa shape index (κ2) is 9.18. The average Bonchev–Trinajstić information content (AvgIpc) is 2.73. The second-order valence-corrected chi connectivity index (χ2v) is 6.62. The molecule has 1 aliphatic heterocycles. The van der Waals surface area contributed by atoms with Gasteiger partial charge in [0.25, 0.3) is 0 Å². The first-order valence-corrected chi connectivity index (χ1v) is 9.23. The number of ether oxygens (including phenoxy) is 1. The van der Waals surface area contributed by atoms with Crippen LogP contribution in [0.25, 0.3) is 0 Å². The van der Waals surface area contributed by atoms with Crippen molar-refractivity contribution in [2.75, 3.05) is 43.5 Å². The van der Waals surface area contributed by atoms with Crippen molar-refractivity contribution in [2.24, 2.45) is 0 Å². The van der Waals surface area contributed by atoms with E-state index in [1.165, 1.54) is 19.2 Å². The lowest BCUT2D eigenvalue weighted by atomic mass is 10.2. The lowest BCUT2D eigenvalue weighted by molar-refractivity contribution is -0.134. The minimum absolute atomic E-state index is 0.291. The number of esters is 1. The molecule has 2 aromatic rings. The van der Waals surface area contributed by atoms with E-state index in [0.717, 1.165) is 0 Å². The zero-order chi connectivity index (χ0) is 20.8. The fraction of sp³-hybridized carbons (Fsp3) is 0.286. The summed E-state index contributed by atoms with van der Waals surface area (Å²) >= 11 is 0. The predicted octanol–water partition coefficient (Wildman–Crippen LogP) is 2.29. The second-order valence-electron chi connectivity index (χ2n) is 6.62. The summed E-state index contributed by atoms with van der Waals surface area (Å²) in [6.07, 6.45) is -0.303. The molecule has 1 saturated heterocycles. The first-order valence-electron chi connectivity index (χ1n) is 9.23. The summed E-state index contributed by atoms with van der Waals surface area (Å²) in [7, 11) is 1.28. The van der Waals surface area contributed by atoms with Gasteiger partial charge in [-0.05, 0) is 30.3 Å². The third kappa shape index (κ3) is 5.10. The van der Waals surface area contributed by atoms with E-state index in [-0.39, 0.29) is 18.1 Å². The van der Waals surface area contributed by atoms with Gasteiger partial charge in [0, 0.05) is 31.9 Å². The van der Waals surface area contributed by atoms with Gasteiger partial charge in [0.05, 0.1) is 18.4 Å². The number of carbonyl (C=O) groups is 3. The van der Waals surface area contributed by atoms with E-state index in [4.69, 9.17) is 0 Å². The molecule has 2 amide bonds. The molecule has 0 radical (unpaired) electrons. The number of nitrogens with one attached hydrogen (secondary N) is 1. The normalized spacial score (nSPS) is 13.7. The Balaban J connectivity index is 1.51. The minimum Gasteiger partial charge on any atom is -0.465 e. The first kappa shape index (κ1) is 20.3. The van der Waals surface area contributed by atoms with Crippen LogP contribution in [0.2, 0.25) is 0 Å². The summed E-state index contributed by atoms with van der Waals surface area (Å²) in [5.41, 5.74) is 1.23. The Hall–Kier alpha value is -3.42. The molecule has 0 aliphatic carbocycles. The van der Waals surface area contributed by atoms with Gasteiger partial charge in [-0.1, -0.05) is 18.2 Å². The van der Waals surface area contributed by atoms with Crippen molar-refractivity contribution in [1.82, 2.24) is 4.90 Å². The molecule has 0 saturated carbocycles. The van der Waals surface area contributed by atoms with E-state index in [2.05, 4.69) is 10.1 Å². The maximum Gasteiger partial charge on any atom is 0.337 e. The number of carbonyl (C=O) groups excluding carboxylic acids is 3. The maximum absolute atomic E-state index is 13.9. The van der Waals surface area contributed by atoms with Crippen molar-refractivity contribution in [1.29, 1.82) is 0 Å². The highest BCUT2D eigenvalue weighted by molar-refractivity contribution is 6.04. The molecule has 2 aromatic carbocycles. The topological polar surface area (TPSA) is 78.9 Å². The summed E-state index contributed by atoms with van der Waals surface area (Å²) < 4.78 is 18.6. The van der Waals surface area contributed by atoms with E-state index >= 15 is 0 Å². The number of benzene rings is 2. The molecule has 1 heterocycles. The van der Waals surface area contributed by atoms with Crippen molar-refractivity contribution in [3.05, 3.63) is 59.9 Å². The Morgan fingerprint density at radius 3 is 2.45 bits per heavy atom. The number of hydrogen-bond acceptors (Lipinski definition) is 5. The lowest BCUT2D eigenvalue weighted by Crippen LogP contribution is -2.49. The maximum atomic E-state index is 13.9. The third-order valence-electron chi connectivity index (χ3n) is 4.70. The molecule has 29 heavy (non-hydrogen) atoms. The predicted molar refractivity (Wildman–Crippen MR) is 106 cm³/mol. The highest BCUT2D eigenvalue weighted by atomic mass is 19.1. The molecule has 0 unspecified atom stereocenters. The molecule has 152 valence electrons. The molecule has 0 atom stereocenters. The van der Waals surface area contributed by atoms with Crippen LogP contribution in [-0.2, 0) is 14.3 Å². The van der Waals surface area contributed by atoms with Crippen LogP contribution in [0.15, 0.2) is 48.5 Å². The Morgan fingerprint density at radius 2 is 1.76 bits per heavy atom. The van der Waals surface area contributed by atoms with Gasteiger partial charge < -0.3 is 19.9 Å². The fourth-order valence-corrected chi connectivity index (χ4v) is 3.20. The van der Waals surface area contributed by atoms with Crippen LogP contribution in [0, 0.1) is 5.82 Å². The van der Waals surface area contributed by atoms with Gasteiger partial charge >= 0.3 is 5.97 Å². The van der Waals surface area contributed by atoms with E-state index in [1.807, 2.05) is 4.90 Å². The van der Waals surface area contributed by atoms with Crippen molar-refractivity contribution in [2.45, 2.75) is 6.42 Å². The van der Waals surface area contributed by atoms with Gasteiger partial charge in [-0.3, -0.25) is 9.59 Å². The van der Waals surface area contributed by atoms with E-state index < -0.39 is 11.9 Å². The number of anilines is 2. The quantitative estimate of drug-likeness (QED) is 0.617. The summed E-state index contributed by atoms with van der Waals surface area (Å²) in [4.78, 5) is 39.7. The van der Waals surface area contributed by atoms with Crippen LogP contribution in [0.4, 0.5) is 15.8 Å². The highest BCUT2D eigenvalue weighted by Gasteiger charge is 2.24. The lowest BCUT2D eigenvalue weighted by Gasteiger charge is -2.36. The van der Waals surface area contributed by atoms with Crippen molar-refractivity contribution >= 4 is 29.2 Å². The Bertz CT molecular complexity index is 910. The molecule has 3 rings (SSSR count). The van der Waals surface area contributed by atoms with Crippen LogP contribution < -0.4 is 10.2 Å². The largest absolute Gasteiger partial charge is 0.465 e. The molecule has 7 nitrogen and oxygen atoms in total. The number of methoxy groups -OCH3 is 1. The standard InChI is InChI=1S/C21H22FN3O4/c1-29-21(28)15-5-4-6-16(13-15)23-19(26)14-20(27)25-11-9-24(10-12-25)18-8-3-2-7-17(18)22/h2-8,13H,9-12,14H2,1H3,(H,23,26). The van der Waals surface area contributed by atoms with Gasteiger partial charge in [0.1, 0.15) is 12.2 Å². The van der Waals surface area contributed by atoms with Crippen LogP contribution in [-0.4, -0.2) is 56.0 Å². The third-order valence-corrected chi connectivity index (χ3v) is 4.70. The summed E-state index contributed by atoms with van der Waals surface area (Å²) in [6, 6.07) is 12.8. The number of amides is 2. The average molecular weight is 399 g/mol. The van der Waals surface area contributed by atoms with Gasteiger partial charge in [-0.2, -0.15) is 0 Å². The summed E-state index contributed by atoms with van der Waals surface area (Å²) in [6.45, 7) is 1.82. The summed E-state index contributed by atoms with van der Waals surface area (Å²) in [5, 5.41) is 2.62. The van der Waals surface area contributed by atoms with E-state index in [0.29, 0.717) is 43.1 Å². The molecule has 0 spiro atoms. The van der Waals surface area contributed by atoms with Crippen molar-refractivity contribution in [3.8, 4) is 0 Å². The molecule has 8 heteroatoms. The van der Waals surface area contributed by atoms with Gasteiger partial charge in [0.2, 0.25) is 11.8 Å². The van der Waals surface area contributed by atoms with Crippen LogP contribution >= 0.6 is 0 Å².